The van der Waals surface area contributed by atoms with Gasteiger partial charge in [0, 0.05) is 37.9 Å². The summed E-state index contributed by atoms with van der Waals surface area (Å²) in [6, 6.07) is 22.4. The summed E-state index contributed by atoms with van der Waals surface area (Å²) in [6.45, 7) is 13.4. The van der Waals surface area contributed by atoms with Crippen LogP contribution in [0.25, 0.3) is 19.5 Å². The topological polar surface area (TPSA) is 46.6 Å². The van der Waals surface area contributed by atoms with Gasteiger partial charge in [-0.1, -0.05) is 108 Å². The van der Waals surface area contributed by atoms with Gasteiger partial charge in [-0.05, 0) is 62.3 Å². The van der Waals surface area contributed by atoms with E-state index in [4.69, 9.17) is 4.74 Å². The zero-order valence-electron chi connectivity index (χ0n) is 30.1. The Kier molecular flexibility index (Phi) is 9.94. The number of benzene rings is 2. The molecule has 5 heterocycles. The molecule has 5 aromatic rings. The molecule has 7 heteroatoms. The van der Waals surface area contributed by atoms with Gasteiger partial charge < -0.3 is 4.74 Å². The van der Waals surface area contributed by atoms with E-state index in [9.17, 15) is 9.59 Å². The first-order valence-electron chi connectivity index (χ1n) is 18.4. The van der Waals surface area contributed by atoms with Crippen LogP contribution >= 0.6 is 34.0 Å². The molecule has 0 aliphatic carbocycles. The summed E-state index contributed by atoms with van der Waals surface area (Å²) in [5, 5.41) is 0. The number of carbonyl (C=O) groups excluding carboxylic acids is 2. The van der Waals surface area contributed by atoms with Crippen molar-refractivity contribution in [3.63, 3.8) is 0 Å². The first kappa shape index (κ1) is 34.9. The zero-order chi connectivity index (χ0) is 35.2. The smallest absolute Gasteiger partial charge is 0.263 e. The molecule has 1 unspecified atom stereocenters. The largest absolute Gasteiger partial charge is 0.471 e. The number of ether oxygens (including phenoxy) is 1. The van der Waals surface area contributed by atoms with Gasteiger partial charge in [0.05, 0.1) is 25.8 Å². The number of hydrogen-bond donors (Lipinski definition) is 0. The van der Waals surface area contributed by atoms with Crippen molar-refractivity contribution in [2.75, 3.05) is 6.54 Å². The van der Waals surface area contributed by atoms with Crippen molar-refractivity contribution in [2.45, 2.75) is 98.5 Å². The van der Waals surface area contributed by atoms with Crippen LogP contribution in [0.15, 0.2) is 60.7 Å². The minimum atomic E-state index is -0.880. The van der Waals surface area contributed by atoms with E-state index in [1.54, 1.807) is 34.0 Å². The van der Waals surface area contributed by atoms with Crippen LogP contribution in [0, 0.1) is 19.8 Å². The molecule has 0 saturated heterocycles. The SMILES string of the molecule is CCCCC(CC)CN1C(=O)c2c(C)sc(-c3cc4c(s3)-c3sc(C)cc3OC4(c3ccc(CCC)cc3)c3ccc(CCC)cc3)c2C1=O. The summed E-state index contributed by atoms with van der Waals surface area (Å²) in [4.78, 5) is 36.0. The van der Waals surface area contributed by atoms with Crippen LogP contribution < -0.4 is 4.74 Å². The molecular weight excluding hydrogens is 675 g/mol. The molecule has 2 aliphatic rings. The first-order chi connectivity index (χ1) is 24.2. The van der Waals surface area contributed by atoms with E-state index in [-0.39, 0.29) is 11.8 Å². The molecule has 7 rings (SSSR count). The van der Waals surface area contributed by atoms with Gasteiger partial charge >= 0.3 is 0 Å². The Morgan fingerprint density at radius 1 is 0.720 bits per heavy atom. The highest BCUT2D eigenvalue weighted by atomic mass is 32.1. The van der Waals surface area contributed by atoms with Gasteiger partial charge in [-0.2, -0.15) is 0 Å². The summed E-state index contributed by atoms with van der Waals surface area (Å²) in [6.07, 6.45) is 8.46. The molecule has 0 N–H and O–H groups in total. The van der Waals surface area contributed by atoms with Crippen molar-refractivity contribution in [3.05, 3.63) is 109 Å². The third-order valence-electron chi connectivity index (χ3n) is 10.4. The molecule has 0 fully saturated rings. The van der Waals surface area contributed by atoms with Crippen LogP contribution in [-0.4, -0.2) is 23.3 Å². The van der Waals surface area contributed by atoms with Gasteiger partial charge in [0.25, 0.3) is 11.8 Å². The number of hydrogen-bond acceptors (Lipinski definition) is 6. The highest BCUT2D eigenvalue weighted by Crippen LogP contribution is 2.59. The van der Waals surface area contributed by atoms with Crippen molar-refractivity contribution in [2.24, 2.45) is 5.92 Å². The molecule has 2 amide bonds. The lowest BCUT2D eigenvalue weighted by atomic mass is 9.78. The monoisotopic (exact) mass is 721 g/mol. The van der Waals surface area contributed by atoms with Gasteiger partial charge in [-0.15, -0.1) is 34.0 Å². The number of thiophene rings is 3. The molecule has 4 nitrogen and oxygen atoms in total. The van der Waals surface area contributed by atoms with Crippen molar-refractivity contribution in [1.82, 2.24) is 4.90 Å². The van der Waals surface area contributed by atoms with E-state index in [1.807, 2.05) is 6.92 Å². The van der Waals surface area contributed by atoms with Gasteiger partial charge in [0.2, 0.25) is 0 Å². The fourth-order valence-corrected chi connectivity index (χ4v) is 11.3. The van der Waals surface area contributed by atoms with Crippen LogP contribution in [-0.2, 0) is 18.4 Å². The maximum Gasteiger partial charge on any atom is 0.263 e. The number of carbonyl (C=O) groups is 2. The van der Waals surface area contributed by atoms with Gasteiger partial charge in [0.15, 0.2) is 5.60 Å². The Morgan fingerprint density at radius 2 is 1.34 bits per heavy atom. The third-order valence-corrected chi connectivity index (χ3v) is 14.0. The Bertz CT molecular complexity index is 1980. The minimum Gasteiger partial charge on any atom is -0.471 e. The van der Waals surface area contributed by atoms with Crippen molar-refractivity contribution >= 4 is 45.8 Å². The second kappa shape index (κ2) is 14.2. The number of fused-ring (bicyclic) bond motifs is 4. The summed E-state index contributed by atoms with van der Waals surface area (Å²) in [5.74, 6) is 0.943. The number of imide groups is 1. The highest BCUT2D eigenvalue weighted by molar-refractivity contribution is 7.27. The minimum absolute atomic E-state index is 0.130. The normalized spacial score (nSPS) is 15.2. The molecule has 260 valence electrons. The fourth-order valence-electron chi connectivity index (χ4n) is 7.75. The number of nitrogens with zero attached hydrogens (tertiary/aromatic N) is 1. The molecular formula is C43H47NO3S3. The second-order valence-electron chi connectivity index (χ2n) is 14.0. The Labute approximate surface area is 309 Å². The predicted octanol–water partition coefficient (Wildman–Crippen LogP) is 12.2. The van der Waals surface area contributed by atoms with Crippen molar-refractivity contribution in [1.29, 1.82) is 0 Å². The summed E-state index contributed by atoms with van der Waals surface area (Å²) in [5.41, 5.74) is 6.20. The van der Waals surface area contributed by atoms with E-state index >= 15 is 0 Å². The number of amides is 2. The maximum absolute atomic E-state index is 14.2. The van der Waals surface area contributed by atoms with Gasteiger partial charge in [-0.3, -0.25) is 14.5 Å². The number of aryl methyl sites for hydroxylation is 4. The predicted molar refractivity (Wildman–Crippen MR) is 210 cm³/mol. The molecule has 1 atom stereocenters. The quantitative estimate of drug-likeness (QED) is 0.114. The van der Waals surface area contributed by atoms with Crippen LogP contribution in [0.2, 0.25) is 0 Å². The Hall–Kier alpha value is -3.52. The van der Waals surface area contributed by atoms with E-state index in [0.29, 0.717) is 23.6 Å². The summed E-state index contributed by atoms with van der Waals surface area (Å²) >= 11 is 5.07. The standard InChI is InChI=1S/C43H47NO3S3/c1-7-11-14-28(10-4)25-44-41(45)36-27(6)49-40(37(36)42(44)46)35-24-33-38(50-35)39-34(23-26(5)48-39)47-43(33,31-19-15-29(12-8-2)16-20-31)32-21-17-30(13-9-3)18-22-32/h15-24,28H,7-14,25H2,1-6H3. The summed E-state index contributed by atoms with van der Waals surface area (Å²) < 4.78 is 7.32. The van der Waals surface area contributed by atoms with Crippen molar-refractivity contribution < 1.29 is 14.3 Å². The number of unbranched alkanes of at least 4 members (excludes halogenated alkanes) is 1. The number of rotatable bonds is 13. The van der Waals surface area contributed by atoms with E-state index in [2.05, 4.69) is 95.3 Å². The van der Waals surface area contributed by atoms with Crippen LogP contribution in [0.5, 0.6) is 5.75 Å². The van der Waals surface area contributed by atoms with Crippen LogP contribution in [0.4, 0.5) is 0 Å². The average molecular weight is 722 g/mol. The average Bonchev–Trinajstić information content (AvgIpc) is 3.87. The van der Waals surface area contributed by atoms with Gasteiger partial charge in [-0.25, -0.2) is 0 Å². The molecule has 2 aliphatic heterocycles. The molecule has 2 aromatic carbocycles. The third kappa shape index (κ3) is 5.89. The lowest BCUT2D eigenvalue weighted by molar-refractivity contribution is 0.0624. The second-order valence-corrected chi connectivity index (χ2v) is 17.5. The molecule has 0 radical (unpaired) electrons. The molecule has 0 spiro atoms. The van der Waals surface area contributed by atoms with Crippen LogP contribution in [0.3, 0.4) is 0 Å². The van der Waals surface area contributed by atoms with Crippen molar-refractivity contribution in [3.8, 4) is 25.3 Å². The Morgan fingerprint density at radius 3 is 1.92 bits per heavy atom. The van der Waals surface area contributed by atoms with E-state index in [1.165, 1.54) is 25.8 Å². The molecule has 0 bridgehead atoms. The fraction of sp³-hybridized carbons (Fsp3) is 0.395. The lowest BCUT2D eigenvalue weighted by Gasteiger charge is -2.39. The van der Waals surface area contributed by atoms with E-state index in [0.717, 1.165) is 93.3 Å². The molecule has 50 heavy (non-hydrogen) atoms. The zero-order valence-corrected chi connectivity index (χ0v) is 32.6. The molecule has 3 aromatic heterocycles. The maximum atomic E-state index is 14.2. The van der Waals surface area contributed by atoms with E-state index < -0.39 is 5.60 Å². The molecule has 0 saturated carbocycles. The highest BCUT2D eigenvalue weighted by Gasteiger charge is 2.48. The lowest BCUT2D eigenvalue weighted by Crippen LogP contribution is -2.37. The van der Waals surface area contributed by atoms with Gasteiger partial charge in [0.1, 0.15) is 5.75 Å². The summed E-state index contributed by atoms with van der Waals surface area (Å²) in [7, 11) is 0. The Balaban J connectivity index is 1.40. The van der Waals surface area contributed by atoms with Crippen LogP contribution in [0.1, 0.15) is 125 Å². The first-order valence-corrected chi connectivity index (χ1v) is 20.8.